The Balaban J connectivity index is 0.868. The van der Waals surface area contributed by atoms with Gasteiger partial charge in [-0.15, -0.1) is 0 Å². The zero-order chi connectivity index (χ0) is 59.2. The highest BCUT2D eigenvalue weighted by Crippen LogP contribution is 2.57. The number of nitrogens with zero attached hydrogens (tertiary/aromatic N) is 2. The summed E-state index contributed by atoms with van der Waals surface area (Å²) in [5.41, 5.74) is 19.7. The summed E-state index contributed by atoms with van der Waals surface area (Å²) in [4.78, 5) is 2.41. The second kappa shape index (κ2) is 22.3. The monoisotopic (exact) mass is 1120 g/mol. The minimum atomic E-state index is -0.649. The van der Waals surface area contributed by atoms with E-state index in [9.17, 15) is 0 Å². The van der Waals surface area contributed by atoms with Crippen LogP contribution in [0.15, 0.2) is 292 Å². The average Bonchev–Trinajstić information content (AvgIpc) is 1.63. The zero-order valence-corrected chi connectivity index (χ0v) is 49.2. The fourth-order valence-electron chi connectivity index (χ4n) is 12.6. The molecule has 0 N–H and O–H groups in total. The first kappa shape index (κ1) is 54.1. The van der Waals surface area contributed by atoms with Gasteiger partial charge < -0.3 is 23.7 Å². The van der Waals surface area contributed by atoms with Crippen LogP contribution >= 0.6 is 0 Å². The molecule has 87 heavy (non-hydrogen) atoms. The summed E-state index contributed by atoms with van der Waals surface area (Å²) in [5.74, 6) is 4.63. The molecule has 1 aliphatic carbocycles. The van der Waals surface area contributed by atoms with E-state index in [4.69, 9.17) is 14.2 Å². The smallest absolute Gasteiger partial charge is 0.128 e. The van der Waals surface area contributed by atoms with Crippen LogP contribution in [-0.2, 0) is 10.8 Å². The van der Waals surface area contributed by atoms with Gasteiger partial charge in [0.25, 0.3) is 0 Å². The second-order valence-electron chi connectivity index (χ2n) is 23.5. The van der Waals surface area contributed by atoms with Crippen LogP contribution in [0.2, 0.25) is 0 Å². The summed E-state index contributed by atoms with van der Waals surface area (Å²) in [6.45, 7) is 16.7. The lowest BCUT2D eigenvalue weighted by molar-refractivity contribution is 0.482. The first-order valence-corrected chi connectivity index (χ1v) is 29.7. The SMILES string of the molecule is C=Cc1ccc(Oc2ccc(C3(c4ccccc4)c4ccccc4-c4ccc(N(c5ccc(-c6ccc7c(c6)c6cc(Oc8ccc(C=C)cc8)ccc6n7-c6ccc(Oc7ccc(C)cc7)cc6)cc5)c5ccc(C(C)(C)C)cc5)cc43)cc2)cc1. The summed E-state index contributed by atoms with van der Waals surface area (Å²) in [5, 5.41) is 2.19. The van der Waals surface area contributed by atoms with E-state index in [1.807, 2.05) is 84.9 Å². The summed E-state index contributed by atoms with van der Waals surface area (Å²) in [6.07, 6.45) is 3.68. The molecule has 1 aromatic heterocycles. The van der Waals surface area contributed by atoms with Gasteiger partial charge in [0.1, 0.15) is 34.5 Å². The molecule has 12 aromatic carbocycles. The van der Waals surface area contributed by atoms with Gasteiger partial charge in [-0.2, -0.15) is 0 Å². The van der Waals surface area contributed by atoms with Gasteiger partial charge in [0, 0.05) is 33.5 Å². The van der Waals surface area contributed by atoms with Crippen LogP contribution in [0, 0.1) is 6.92 Å². The second-order valence-corrected chi connectivity index (χ2v) is 23.5. The normalized spacial score (nSPS) is 13.4. The minimum absolute atomic E-state index is 0.0163. The highest BCUT2D eigenvalue weighted by Gasteiger charge is 2.46. The third-order valence-electron chi connectivity index (χ3n) is 17.0. The van der Waals surface area contributed by atoms with Crippen LogP contribution in [0.4, 0.5) is 17.1 Å². The van der Waals surface area contributed by atoms with E-state index >= 15 is 0 Å². The summed E-state index contributed by atoms with van der Waals surface area (Å²) < 4.78 is 21.6. The maximum atomic E-state index is 6.53. The van der Waals surface area contributed by atoms with Crippen molar-refractivity contribution in [3.63, 3.8) is 0 Å². The Kier molecular flexibility index (Phi) is 13.8. The van der Waals surface area contributed by atoms with Crippen LogP contribution in [0.1, 0.15) is 65.3 Å². The van der Waals surface area contributed by atoms with Crippen LogP contribution in [0.25, 0.3) is 61.9 Å². The molecule has 1 unspecified atom stereocenters. The van der Waals surface area contributed by atoms with E-state index in [-0.39, 0.29) is 5.41 Å². The van der Waals surface area contributed by atoms with Gasteiger partial charge in [-0.05, 0) is 213 Å². The molecule has 0 saturated heterocycles. The van der Waals surface area contributed by atoms with E-state index in [2.05, 4.69) is 257 Å². The Morgan fingerprint density at radius 3 is 1.45 bits per heavy atom. The summed E-state index contributed by atoms with van der Waals surface area (Å²) in [7, 11) is 0. The van der Waals surface area contributed by atoms with Crippen LogP contribution in [-0.4, -0.2) is 4.57 Å². The molecular formula is C82H64N2O3. The van der Waals surface area contributed by atoms with Gasteiger partial charge in [0.15, 0.2) is 0 Å². The van der Waals surface area contributed by atoms with Gasteiger partial charge in [-0.3, -0.25) is 0 Å². The van der Waals surface area contributed by atoms with Gasteiger partial charge >= 0.3 is 0 Å². The van der Waals surface area contributed by atoms with Crippen molar-refractivity contribution < 1.29 is 14.2 Å². The lowest BCUT2D eigenvalue weighted by atomic mass is 9.67. The van der Waals surface area contributed by atoms with Crippen molar-refractivity contribution in [1.29, 1.82) is 0 Å². The summed E-state index contributed by atoms with van der Waals surface area (Å²) >= 11 is 0. The van der Waals surface area contributed by atoms with Crippen molar-refractivity contribution in [2.45, 2.75) is 38.5 Å². The third kappa shape index (κ3) is 10.1. The number of hydrogen-bond donors (Lipinski definition) is 0. The molecule has 0 fully saturated rings. The zero-order valence-electron chi connectivity index (χ0n) is 49.2. The fourth-order valence-corrected chi connectivity index (χ4v) is 12.6. The first-order valence-electron chi connectivity index (χ1n) is 29.7. The number of aryl methyl sites for hydroxylation is 1. The number of aromatic nitrogens is 1. The number of ether oxygens (including phenoxy) is 3. The van der Waals surface area contributed by atoms with Crippen molar-refractivity contribution in [3.8, 4) is 62.4 Å². The molecule has 0 bridgehead atoms. The number of fused-ring (bicyclic) bond motifs is 6. The maximum Gasteiger partial charge on any atom is 0.128 e. The molecule has 14 rings (SSSR count). The topological polar surface area (TPSA) is 35.9 Å². The molecule has 1 aliphatic rings. The lowest BCUT2D eigenvalue weighted by Crippen LogP contribution is -2.28. The molecule has 13 aromatic rings. The number of rotatable bonds is 15. The van der Waals surface area contributed by atoms with Crippen molar-refractivity contribution >= 4 is 51.0 Å². The van der Waals surface area contributed by atoms with Gasteiger partial charge in [-0.1, -0.05) is 191 Å². The maximum absolute atomic E-state index is 6.53. The molecule has 0 amide bonds. The van der Waals surface area contributed by atoms with E-state index in [0.29, 0.717) is 0 Å². The molecule has 420 valence electrons. The Hall–Kier alpha value is -10.9. The highest BCUT2D eigenvalue weighted by molar-refractivity contribution is 6.11. The van der Waals surface area contributed by atoms with Crippen LogP contribution in [0.3, 0.4) is 0 Å². The quantitative estimate of drug-likeness (QED) is 0.102. The number of hydrogen-bond acceptors (Lipinski definition) is 4. The van der Waals surface area contributed by atoms with Crippen LogP contribution in [0.5, 0.6) is 34.5 Å². The van der Waals surface area contributed by atoms with Gasteiger partial charge in [-0.25, -0.2) is 0 Å². The predicted octanol–water partition coefficient (Wildman–Crippen LogP) is 22.6. The Morgan fingerprint density at radius 2 is 0.851 bits per heavy atom. The minimum Gasteiger partial charge on any atom is -0.457 e. The van der Waals surface area contributed by atoms with Gasteiger partial charge in [0.05, 0.1) is 16.4 Å². The molecular weight excluding hydrogens is 1060 g/mol. The molecule has 0 saturated carbocycles. The number of anilines is 3. The molecule has 1 heterocycles. The van der Waals surface area contributed by atoms with E-state index in [1.54, 1.807) is 0 Å². The largest absolute Gasteiger partial charge is 0.457 e. The predicted molar refractivity (Wildman–Crippen MR) is 361 cm³/mol. The first-order chi connectivity index (χ1) is 42.5. The molecule has 0 spiro atoms. The Labute approximate surface area is 509 Å². The molecule has 5 nitrogen and oxygen atoms in total. The van der Waals surface area contributed by atoms with E-state index < -0.39 is 5.41 Å². The third-order valence-corrected chi connectivity index (χ3v) is 17.0. The summed E-state index contributed by atoms with van der Waals surface area (Å²) in [6, 6.07) is 99.4. The fraction of sp³-hybridized carbons (Fsp3) is 0.0732. The standard InChI is InChI=1S/C82H64N2O3/c1-7-56-20-40-68(41-21-56)86-70-44-29-62(30-45-70)82(61-14-10-9-11-15-61)77-17-13-12-16-73(77)74-49-37-66(53-78(74)82)83(64-33-27-60(28-34-64)81(4,5)6)63-31-24-58(25-32-63)59-26-50-79-75(52-59)76-54-72(87-69-42-22-57(8-2)23-43-69)48-51-80(76)84(79)65-35-46-71(47-36-65)85-67-38-18-55(3)19-39-67/h7-54H,1-2H2,3-6H3. The van der Waals surface area contributed by atoms with Crippen molar-refractivity contribution in [3.05, 3.63) is 337 Å². The average molecular weight is 1130 g/mol. The highest BCUT2D eigenvalue weighted by atomic mass is 16.5. The molecule has 0 aliphatic heterocycles. The Morgan fingerprint density at radius 1 is 0.391 bits per heavy atom. The molecule has 1 atom stereocenters. The van der Waals surface area contributed by atoms with E-state index in [1.165, 1.54) is 38.9 Å². The van der Waals surface area contributed by atoms with E-state index in [0.717, 1.165) is 107 Å². The Bertz CT molecular complexity index is 4670. The van der Waals surface area contributed by atoms with Crippen LogP contribution < -0.4 is 19.1 Å². The molecule has 5 heteroatoms. The van der Waals surface area contributed by atoms with Gasteiger partial charge in [0.2, 0.25) is 0 Å². The van der Waals surface area contributed by atoms with Crippen molar-refractivity contribution in [2.24, 2.45) is 0 Å². The lowest BCUT2D eigenvalue weighted by Gasteiger charge is -2.35. The molecule has 0 radical (unpaired) electrons. The number of benzene rings is 12. The van der Waals surface area contributed by atoms with Crippen molar-refractivity contribution in [2.75, 3.05) is 4.90 Å². The van der Waals surface area contributed by atoms with Crippen molar-refractivity contribution in [1.82, 2.24) is 4.57 Å².